The molecule has 1 N–H and O–H groups in total. The molecule has 1 unspecified atom stereocenters. The number of nitrogens with one attached hydrogen (secondary N) is 1. The van der Waals surface area contributed by atoms with Crippen molar-refractivity contribution in [1.82, 2.24) is 5.32 Å². The van der Waals surface area contributed by atoms with Crippen LogP contribution in [-0.4, -0.2) is 44.0 Å². The van der Waals surface area contributed by atoms with Gasteiger partial charge in [-0.1, -0.05) is 13.8 Å². The Hall–Kier alpha value is -0.820. The second-order valence-electron chi connectivity index (χ2n) is 3.76. The SMILES string of the molecule is CCOC(=O)C(COCC(F)(F)F)NC(C)C. The molecule has 4 nitrogen and oxygen atoms in total. The lowest BCUT2D eigenvalue weighted by Gasteiger charge is -2.20. The Morgan fingerprint density at radius 1 is 1.35 bits per heavy atom. The highest BCUT2D eigenvalue weighted by Crippen LogP contribution is 2.14. The van der Waals surface area contributed by atoms with Gasteiger partial charge in [-0.25, -0.2) is 0 Å². The Labute approximate surface area is 98.5 Å². The minimum Gasteiger partial charge on any atom is -0.465 e. The summed E-state index contributed by atoms with van der Waals surface area (Å²) in [7, 11) is 0. The molecule has 0 bridgehead atoms. The second kappa shape index (κ2) is 7.50. The van der Waals surface area contributed by atoms with Gasteiger partial charge in [0.15, 0.2) is 0 Å². The zero-order valence-electron chi connectivity index (χ0n) is 10.1. The Bertz CT molecular complexity index is 231. The summed E-state index contributed by atoms with van der Waals surface area (Å²) in [6.07, 6.45) is -4.39. The van der Waals surface area contributed by atoms with Crippen LogP contribution >= 0.6 is 0 Å². The van der Waals surface area contributed by atoms with E-state index in [-0.39, 0.29) is 19.3 Å². The van der Waals surface area contributed by atoms with Crippen molar-refractivity contribution in [2.75, 3.05) is 19.8 Å². The fourth-order valence-electron chi connectivity index (χ4n) is 1.12. The number of halogens is 3. The van der Waals surface area contributed by atoms with Crippen LogP contribution in [0.4, 0.5) is 13.2 Å². The first-order chi connectivity index (χ1) is 7.76. The molecular weight excluding hydrogens is 239 g/mol. The molecule has 0 rings (SSSR count). The van der Waals surface area contributed by atoms with E-state index in [1.165, 1.54) is 0 Å². The van der Waals surface area contributed by atoms with Crippen LogP contribution in [0.25, 0.3) is 0 Å². The number of carbonyl (C=O) groups is 1. The van der Waals surface area contributed by atoms with Gasteiger partial charge in [-0.3, -0.25) is 4.79 Å². The van der Waals surface area contributed by atoms with E-state index in [0.717, 1.165) is 0 Å². The molecule has 17 heavy (non-hydrogen) atoms. The third-order valence-electron chi connectivity index (χ3n) is 1.66. The number of esters is 1. The number of carbonyl (C=O) groups excluding carboxylic acids is 1. The zero-order chi connectivity index (χ0) is 13.5. The normalized spacial score (nSPS) is 13.8. The molecule has 0 aliphatic heterocycles. The molecule has 7 heteroatoms. The fourth-order valence-corrected chi connectivity index (χ4v) is 1.12. The van der Waals surface area contributed by atoms with Crippen LogP contribution in [0.15, 0.2) is 0 Å². The highest BCUT2D eigenvalue weighted by atomic mass is 19.4. The number of rotatable bonds is 7. The summed E-state index contributed by atoms with van der Waals surface area (Å²) in [6.45, 7) is 3.61. The minimum absolute atomic E-state index is 0.0566. The fraction of sp³-hybridized carbons (Fsp3) is 0.900. The van der Waals surface area contributed by atoms with E-state index in [0.29, 0.717) is 0 Å². The molecule has 0 amide bonds. The third kappa shape index (κ3) is 8.93. The molecule has 0 heterocycles. The topological polar surface area (TPSA) is 47.6 Å². The molecular formula is C10H18F3NO3. The summed E-state index contributed by atoms with van der Waals surface area (Å²) in [5.74, 6) is -0.608. The predicted octanol–water partition coefficient (Wildman–Crippen LogP) is 1.49. The van der Waals surface area contributed by atoms with Crippen molar-refractivity contribution in [1.29, 1.82) is 0 Å². The monoisotopic (exact) mass is 257 g/mol. The average Bonchev–Trinajstić information content (AvgIpc) is 2.14. The lowest BCUT2D eigenvalue weighted by atomic mass is 10.2. The molecule has 0 radical (unpaired) electrons. The van der Waals surface area contributed by atoms with Gasteiger partial charge < -0.3 is 14.8 Å². The van der Waals surface area contributed by atoms with Crippen molar-refractivity contribution < 1.29 is 27.4 Å². The standard InChI is InChI=1S/C10H18F3NO3/c1-4-17-9(15)8(14-7(2)3)5-16-6-10(11,12)13/h7-8,14H,4-6H2,1-3H3. The first kappa shape index (κ1) is 16.2. The van der Waals surface area contributed by atoms with Gasteiger partial charge in [-0.05, 0) is 6.92 Å². The maximum atomic E-state index is 11.9. The first-order valence-corrected chi connectivity index (χ1v) is 5.33. The van der Waals surface area contributed by atoms with Crippen molar-refractivity contribution >= 4 is 5.97 Å². The number of hydrogen-bond donors (Lipinski definition) is 1. The van der Waals surface area contributed by atoms with Crippen LogP contribution in [0.1, 0.15) is 20.8 Å². The van der Waals surface area contributed by atoms with Crippen molar-refractivity contribution in [2.45, 2.75) is 39.0 Å². The van der Waals surface area contributed by atoms with Crippen LogP contribution in [0.3, 0.4) is 0 Å². The van der Waals surface area contributed by atoms with Gasteiger partial charge in [0, 0.05) is 6.04 Å². The van der Waals surface area contributed by atoms with Gasteiger partial charge in [0.2, 0.25) is 0 Å². The lowest BCUT2D eigenvalue weighted by Crippen LogP contribution is -2.45. The summed E-state index contributed by atoms with van der Waals surface area (Å²) in [5.41, 5.74) is 0. The van der Waals surface area contributed by atoms with Crippen LogP contribution in [0.2, 0.25) is 0 Å². The molecule has 1 atom stereocenters. The summed E-state index contributed by atoms with van der Waals surface area (Å²) < 4.78 is 44.7. The summed E-state index contributed by atoms with van der Waals surface area (Å²) in [4.78, 5) is 11.4. The Kier molecular flexibility index (Phi) is 7.13. The summed E-state index contributed by atoms with van der Waals surface area (Å²) in [6, 6.07) is -0.934. The quantitative estimate of drug-likeness (QED) is 0.702. The predicted molar refractivity (Wildman–Crippen MR) is 55.6 cm³/mol. The van der Waals surface area contributed by atoms with Crippen molar-refractivity contribution in [3.05, 3.63) is 0 Å². The molecule has 0 aromatic carbocycles. The molecule has 0 spiro atoms. The maximum absolute atomic E-state index is 11.9. The highest BCUT2D eigenvalue weighted by Gasteiger charge is 2.29. The van der Waals surface area contributed by atoms with E-state index in [1.807, 2.05) is 0 Å². The minimum atomic E-state index is -4.39. The zero-order valence-corrected chi connectivity index (χ0v) is 10.1. The Morgan fingerprint density at radius 3 is 2.35 bits per heavy atom. The number of hydrogen-bond acceptors (Lipinski definition) is 4. The molecule has 0 saturated heterocycles. The van der Waals surface area contributed by atoms with E-state index in [1.54, 1.807) is 20.8 Å². The highest BCUT2D eigenvalue weighted by molar-refractivity contribution is 5.75. The van der Waals surface area contributed by atoms with Crippen LogP contribution < -0.4 is 5.32 Å². The molecule has 0 aromatic heterocycles. The van der Waals surface area contributed by atoms with Crippen LogP contribution in [0, 0.1) is 0 Å². The second-order valence-corrected chi connectivity index (χ2v) is 3.76. The Morgan fingerprint density at radius 2 is 1.94 bits per heavy atom. The lowest BCUT2D eigenvalue weighted by molar-refractivity contribution is -0.178. The number of alkyl halides is 3. The van der Waals surface area contributed by atoms with Crippen molar-refractivity contribution in [2.24, 2.45) is 0 Å². The van der Waals surface area contributed by atoms with Gasteiger partial charge in [-0.2, -0.15) is 13.2 Å². The van der Waals surface area contributed by atoms with Crippen LogP contribution in [-0.2, 0) is 14.3 Å². The molecule has 0 aliphatic rings. The first-order valence-electron chi connectivity index (χ1n) is 5.33. The summed E-state index contributed by atoms with van der Waals surface area (Å²) >= 11 is 0. The smallest absolute Gasteiger partial charge is 0.411 e. The van der Waals surface area contributed by atoms with Crippen molar-refractivity contribution in [3.63, 3.8) is 0 Å². The van der Waals surface area contributed by atoms with Crippen molar-refractivity contribution in [3.8, 4) is 0 Å². The average molecular weight is 257 g/mol. The maximum Gasteiger partial charge on any atom is 0.411 e. The molecule has 0 aliphatic carbocycles. The van der Waals surface area contributed by atoms with Gasteiger partial charge in [0.05, 0.1) is 13.2 Å². The van der Waals surface area contributed by atoms with Gasteiger partial charge >= 0.3 is 12.1 Å². The number of ether oxygens (including phenoxy) is 2. The third-order valence-corrected chi connectivity index (χ3v) is 1.66. The van der Waals surface area contributed by atoms with Gasteiger partial charge in [0.1, 0.15) is 12.6 Å². The van der Waals surface area contributed by atoms with E-state index >= 15 is 0 Å². The van der Waals surface area contributed by atoms with Gasteiger partial charge in [-0.15, -0.1) is 0 Å². The van der Waals surface area contributed by atoms with Gasteiger partial charge in [0.25, 0.3) is 0 Å². The van der Waals surface area contributed by atoms with E-state index < -0.39 is 24.8 Å². The molecule has 0 aromatic rings. The van der Waals surface area contributed by atoms with Crippen LogP contribution in [0.5, 0.6) is 0 Å². The molecule has 102 valence electrons. The van der Waals surface area contributed by atoms with E-state index in [9.17, 15) is 18.0 Å². The molecule has 0 saturated carbocycles. The van der Waals surface area contributed by atoms with E-state index in [2.05, 4.69) is 10.1 Å². The summed E-state index contributed by atoms with van der Waals surface area (Å²) in [5, 5.41) is 2.78. The Balaban J connectivity index is 4.15. The largest absolute Gasteiger partial charge is 0.465 e. The molecule has 0 fully saturated rings. The van der Waals surface area contributed by atoms with E-state index in [4.69, 9.17) is 4.74 Å².